The molecular formula is C28H26FNO4. The van der Waals surface area contributed by atoms with Crippen LogP contribution in [-0.4, -0.2) is 19.0 Å². The first kappa shape index (κ1) is 23.2. The van der Waals surface area contributed by atoms with E-state index in [1.165, 1.54) is 13.2 Å². The molecule has 34 heavy (non-hydrogen) atoms. The first-order valence-corrected chi connectivity index (χ1v) is 11.2. The average Bonchev–Trinajstić information content (AvgIpc) is 3.29. The number of fused-ring (bicyclic) bond motifs is 1. The number of nitrogens with one attached hydrogen (secondary N) is 1. The van der Waals surface area contributed by atoms with Gasteiger partial charge in [-0.2, -0.15) is 0 Å². The number of hydrogen-bond donors (Lipinski definition) is 1. The molecule has 3 aromatic carbocycles. The molecule has 0 aliphatic rings. The van der Waals surface area contributed by atoms with Crippen LogP contribution in [0, 0.1) is 11.7 Å². The molecule has 0 radical (unpaired) electrons. The van der Waals surface area contributed by atoms with Crippen molar-refractivity contribution in [3.8, 4) is 11.3 Å². The second kappa shape index (κ2) is 10.3. The van der Waals surface area contributed by atoms with Crippen molar-refractivity contribution in [1.82, 2.24) is 0 Å². The van der Waals surface area contributed by atoms with Gasteiger partial charge >= 0.3 is 5.97 Å². The molecule has 4 aromatic rings. The first-order chi connectivity index (χ1) is 16.5. The van der Waals surface area contributed by atoms with Crippen molar-refractivity contribution < 1.29 is 23.1 Å². The summed E-state index contributed by atoms with van der Waals surface area (Å²) in [5.74, 6) is -0.935. The average molecular weight is 460 g/mol. The highest BCUT2D eigenvalue weighted by atomic mass is 19.1. The summed E-state index contributed by atoms with van der Waals surface area (Å²) in [6.45, 7) is 2.00. The highest BCUT2D eigenvalue weighted by molar-refractivity contribution is 5.93. The topological polar surface area (TPSA) is 68.5 Å². The van der Waals surface area contributed by atoms with E-state index in [9.17, 15) is 14.0 Å². The Balaban J connectivity index is 1.47. The normalized spacial score (nSPS) is 11.9. The summed E-state index contributed by atoms with van der Waals surface area (Å²) < 4.78 is 25.4. The van der Waals surface area contributed by atoms with Gasteiger partial charge < -0.3 is 14.5 Å². The lowest BCUT2D eigenvalue weighted by Crippen LogP contribution is -2.25. The molecule has 0 aliphatic heterocycles. The fraction of sp³-hybridized carbons (Fsp3) is 0.214. The number of hydrogen-bond acceptors (Lipinski definition) is 4. The van der Waals surface area contributed by atoms with Crippen molar-refractivity contribution in [2.24, 2.45) is 5.92 Å². The monoisotopic (exact) mass is 459 g/mol. The molecule has 1 N–H and O–H groups in total. The molecule has 174 valence electrons. The largest absolute Gasteiger partial charge is 0.465 e. The van der Waals surface area contributed by atoms with E-state index >= 15 is 0 Å². The molecule has 1 atom stereocenters. The Morgan fingerprint density at radius 3 is 2.47 bits per heavy atom. The molecule has 1 unspecified atom stereocenters. The number of carbonyl (C=O) groups excluding carboxylic acids is 2. The van der Waals surface area contributed by atoms with Crippen LogP contribution in [0.25, 0.3) is 22.3 Å². The van der Waals surface area contributed by atoms with Gasteiger partial charge in [-0.05, 0) is 60.9 Å². The molecule has 0 fully saturated rings. The zero-order chi connectivity index (χ0) is 24.1. The maximum absolute atomic E-state index is 14.9. The van der Waals surface area contributed by atoms with Crippen molar-refractivity contribution in [3.05, 3.63) is 89.7 Å². The molecule has 5 nitrogen and oxygen atoms in total. The quantitative estimate of drug-likeness (QED) is 0.301. The zero-order valence-electron chi connectivity index (χ0n) is 19.1. The minimum Gasteiger partial charge on any atom is -0.465 e. The van der Waals surface area contributed by atoms with Gasteiger partial charge in [-0.3, -0.25) is 4.79 Å². The molecule has 0 bridgehead atoms. The minimum absolute atomic E-state index is 0.131. The van der Waals surface area contributed by atoms with E-state index in [4.69, 9.17) is 9.15 Å². The summed E-state index contributed by atoms with van der Waals surface area (Å²) in [4.78, 5) is 24.6. The van der Waals surface area contributed by atoms with Gasteiger partial charge in [-0.25, -0.2) is 9.18 Å². The van der Waals surface area contributed by atoms with Gasteiger partial charge in [0.25, 0.3) is 0 Å². The molecular weight excluding hydrogens is 433 g/mol. The van der Waals surface area contributed by atoms with E-state index in [2.05, 4.69) is 5.32 Å². The van der Waals surface area contributed by atoms with Gasteiger partial charge in [-0.15, -0.1) is 0 Å². The van der Waals surface area contributed by atoms with Gasteiger partial charge in [0.1, 0.15) is 17.2 Å². The molecule has 0 saturated heterocycles. The van der Waals surface area contributed by atoms with Crippen molar-refractivity contribution in [2.45, 2.75) is 26.2 Å². The predicted molar refractivity (Wildman–Crippen MR) is 130 cm³/mol. The van der Waals surface area contributed by atoms with Crippen LogP contribution in [0.3, 0.4) is 0 Å². The molecule has 0 saturated carbocycles. The Hall–Kier alpha value is -3.93. The number of carbonyl (C=O) groups is 2. The predicted octanol–water partition coefficient (Wildman–Crippen LogP) is 6.62. The first-order valence-electron chi connectivity index (χ1n) is 11.2. The molecule has 6 heteroatoms. The van der Waals surface area contributed by atoms with E-state index in [0.717, 1.165) is 23.0 Å². The Morgan fingerprint density at radius 2 is 1.79 bits per heavy atom. The fourth-order valence-electron chi connectivity index (χ4n) is 3.98. The van der Waals surface area contributed by atoms with Crippen LogP contribution in [0.5, 0.6) is 0 Å². The lowest BCUT2D eigenvalue weighted by atomic mass is 9.93. The van der Waals surface area contributed by atoms with Gasteiger partial charge in [0.05, 0.1) is 18.4 Å². The van der Waals surface area contributed by atoms with Crippen molar-refractivity contribution in [3.63, 3.8) is 0 Å². The minimum atomic E-state index is -0.524. The molecule has 0 spiro atoms. The van der Waals surface area contributed by atoms with E-state index < -0.39 is 11.8 Å². The molecule has 1 heterocycles. The van der Waals surface area contributed by atoms with Gasteiger partial charge in [0.2, 0.25) is 5.91 Å². The summed E-state index contributed by atoms with van der Waals surface area (Å²) in [6.07, 6.45) is 1.95. The van der Waals surface area contributed by atoms with E-state index in [0.29, 0.717) is 29.7 Å². The zero-order valence-corrected chi connectivity index (χ0v) is 19.1. The lowest BCUT2D eigenvalue weighted by molar-refractivity contribution is -0.120. The van der Waals surface area contributed by atoms with E-state index in [1.54, 1.807) is 24.3 Å². The Morgan fingerprint density at radius 1 is 1.03 bits per heavy atom. The smallest absolute Gasteiger partial charge is 0.337 e. The van der Waals surface area contributed by atoms with Gasteiger partial charge in [-0.1, -0.05) is 43.7 Å². The van der Waals surface area contributed by atoms with E-state index in [-0.39, 0.29) is 17.5 Å². The van der Waals surface area contributed by atoms with Crippen LogP contribution in [0.4, 0.5) is 10.1 Å². The third-order valence-corrected chi connectivity index (χ3v) is 5.80. The van der Waals surface area contributed by atoms with Crippen LogP contribution < -0.4 is 5.32 Å². The Kier molecular flexibility index (Phi) is 7.07. The maximum Gasteiger partial charge on any atom is 0.337 e. The summed E-state index contributed by atoms with van der Waals surface area (Å²) in [5.41, 5.74) is 2.84. The maximum atomic E-state index is 14.9. The second-order valence-electron chi connectivity index (χ2n) is 8.21. The molecule has 1 amide bonds. The highest BCUT2D eigenvalue weighted by Gasteiger charge is 2.20. The molecule has 0 aliphatic carbocycles. The third kappa shape index (κ3) is 5.17. The fourth-order valence-corrected chi connectivity index (χ4v) is 3.98. The number of esters is 1. The Bertz CT molecular complexity index is 1280. The summed E-state index contributed by atoms with van der Waals surface area (Å²) >= 11 is 0. The number of rotatable bonds is 8. The number of methoxy groups -OCH3 is 1. The number of amides is 1. The van der Waals surface area contributed by atoms with Crippen molar-refractivity contribution >= 4 is 28.5 Å². The number of furan rings is 1. The van der Waals surface area contributed by atoms with Crippen LogP contribution in [0.2, 0.25) is 0 Å². The van der Waals surface area contributed by atoms with Crippen LogP contribution in [-0.2, 0) is 16.0 Å². The van der Waals surface area contributed by atoms with E-state index in [1.807, 2.05) is 49.4 Å². The summed E-state index contributed by atoms with van der Waals surface area (Å²) in [7, 11) is 1.33. The second-order valence-corrected chi connectivity index (χ2v) is 8.21. The highest BCUT2D eigenvalue weighted by Crippen LogP contribution is 2.30. The number of anilines is 1. The standard InChI is InChI=1S/C28H26FNO4/c1-3-6-22(15-18-9-11-19(12-10-18)28(32)33-2)27(31)30-24-14-13-21(16-23(24)29)26-17-20-7-4-5-8-25(20)34-26/h4-5,7-14,16-17,22H,3,6,15H2,1-2H3,(H,30,31). The number of benzene rings is 3. The van der Waals surface area contributed by atoms with Crippen LogP contribution in [0.15, 0.2) is 77.2 Å². The number of ether oxygens (including phenoxy) is 1. The summed E-state index contributed by atoms with van der Waals surface area (Å²) in [5, 5.41) is 3.68. The number of halogens is 1. The molecule has 1 aromatic heterocycles. The molecule has 4 rings (SSSR count). The van der Waals surface area contributed by atoms with Gasteiger partial charge in [0, 0.05) is 16.9 Å². The summed E-state index contributed by atoms with van der Waals surface area (Å²) in [6, 6.07) is 21.1. The van der Waals surface area contributed by atoms with Crippen molar-refractivity contribution in [2.75, 3.05) is 12.4 Å². The van der Waals surface area contributed by atoms with Crippen LogP contribution >= 0.6 is 0 Å². The SMILES string of the molecule is CCCC(Cc1ccc(C(=O)OC)cc1)C(=O)Nc1ccc(-c2cc3ccccc3o2)cc1F. The van der Waals surface area contributed by atoms with Crippen molar-refractivity contribution in [1.29, 1.82) is 0 Å². The lowest BCUT2D eigenvalue weighted by Gasteiger charge is -2.17. The Labute approximate surface area is 197 Å². The number of para-hydroxylation sites is 1. The van der Waals surface area contributed by atoms with Crippen LogP contribution in [0.1, 0.15) is 35.7 Å². The van der Waals surface area contributed by atoms with Gasteiger partial charge in [0.15, 0.2) is 0 Å². The third-order valence-electron chi connectivity index (χ3n) is 5.80.